The van der Waals surface area contributed by atoms with Gasteiger partial charge in [0, 0.05) is 11.4 Å². The molecule has 0 aliphatic rings. The van der Waals surface area contributed by atoms with Gasteiger partial charge in [0.2, 0.25) is 5.91 Å². The monoisotopic (exact) mass is 347 g/mol. The molecule has 0 aliphatic heterocycles. The van der Waals surface area contributed by atoms with Crippen LogP contribution in [0.5, 0.6) is 5.75 Å². The van der Waals surface area contributed by atoms with E-state index in [-0.39, 0.29) is 5.91 Å². The predicted molar refractivity (Wildman–Crippen MR) is 92.7 cm³/mol. The first-order valence-electron chi connectivity index (χ1n) is 7.34. The van der Waals surface area contributed by atoms with Crippen LogP contribution in [0.2, 0.25) is 5.02 Å². The number of amides is 1. The normalized spacial score (nSPS) is 10.1. The standard InChI is InChI=1S/C18H18ClNO4/c1-23-16-9-6-13(18(22)24-2)11-15(16)20-17(21)10-5-12-3-7-14(19)8-4-12/h3-4,6-9,11H,5,10H2,1-2H3,(H,20,21). The Labute approximate surface area is 145 Å². The molecule has 2 aromatic rings. The van der Waals surface area contributed by atoms with Crippen LogP contribution < -0.4 is 10.1 Å². The van der Waals surface area contributed by atoms with Gasteiger partial charge < -0.3 is 14.8 Å². The van der Waals surface area contributed by atoms with E-state index in [0.717, 1.165) is 5.56 Å². The van der Waals surface area contributed by atoms with E-state index in [0.29, 0.717) is 34.9 Å². The van der Waals surface area contributed by atoms with Crippen molar-refractivity contribution in [3.63, 3.8) is 0 Å². The van der Waals surface area contributed by atoms with Gasteiger partial charge in [0.1, 0.15) is 5.75 Å². The van der Waals surface area contributed by atoms with Crippen molar-refractivity contribution >= 4 is 29.2 Å². The second-order valence-electron chi connectivity index (χ2n) is 5.08. The number of methoxy groups -OCH3 is 2. The third-order valence-corrected chi connectivity index (χ3v) is 3.70. The summed E-state index contributed by atoms with van der Waals surface area (Å²) in [5.74, 6) is -0.179. The van der Waals surface area contributed by atoms with Gasteiger partial charge in [0.25, 0.3) is 0 Å². The molecular weight excluding hydrogens is 330 g/mol. The van der Waals surface area contributed by atoms with Gasteiger partial charge in [-0.15, -0.1) is 0 Å². The molecule has 6 heteroatoms. The quantitative estimate of drug-likeness (QED) is 0.809. The fourth-order valence-electron chi connectivity index (χ4n) is 2.17. The highest BCUT2D eigenvalue weighted by Crippen LogP contribution is 2.26. The van der Waals surface area contributed by atoms with E-state index in [9.17, 15) is 9.59 Å². The van der Waals surface area contributed by atoms with Crippen molar-refractivity contribution in [1.29, 1.82) is 0 Å². The van der Waals surface area contributed by atoms with Crippen LogP contribution in [-0.4, -0.2) is 26.1 Å². The summed E-state index contributed by atoms with van der Waals surface area (Å²) < 4.78 is 9.89. The Balaban J connectivity index is 2.04. The lowest BCUT2D eigenvalue weighted by molar-refractivity contribution is -0.116. The Hall–Kier alpha value is -2.53. The largest absolute Gasteiger partial charge is 0.495 e. The van der Waals surface area contributed by atoms with Gasteiger partial charge in [0.05, 0.1) is 25.5 Å². The highest BCUT2D eigenvalue weighted by Gasteiger charge is 2.12. The molecule has 126 valence electrons. The van der Waals surface area contributed by atoms with Crippen LogP contribution in [0.1, 0.15) is 22.3 Å². The fourth-order valence-corrected chi connectivity index (χ4v) is 2.30. The van der Waals surface area contributed by atoms with Crippen molar-refractivity contribution in [3.8, 4) is 5.75 Å². The molecule has 0 saturated heterocycles. The average molecular weight is 348 g/mol. The third kappa shape index (κ3) is 4.73. The number of ether oxygens (including phenoxy) is 2. The lowest BCUT2D eigenvalue weighted by atomic mass is 10.1. The van der Waals surface area contributed by atoms with E-state index in [1.165, 1.54) is 20.3 Å². The highest BCUT2D eigenvalue weighted by molar-refractivity contribution is 6.30. The summed E-state index contributed by atoms with van der Waals surface area (Å²) in [6, 6.07) is 12.1. The van der Waals surface area contributed by atoms with Gasteiger partial charge in [-0.3, -0.25) is 4.79 Å². The van der Waals surface area contributed by atoms with Crippen molar-refractivity contribution in [1.82, 2.24) is 0 Å². The number of carbonyl (C=O) groups excluding carboxylic acids is 2. The number of rotatable bonds is 6. The summed E-state index contributed by atoms with van der Waals surface area (Å²) in [7, 11) is 2.80. The number of benzene rings is 2. The Bertz CT molecular complexity index is 728. The summed E-state index contributed by atoms with van der Waals surface area (Å²) in [6.07, 6.45) is 0.884. The predicted octanol–water partition coefficient (Wildman–Crippen LogP) is 3.71. The molecular formula is C18H18ClNO4. The Morgan fingerprint density at radius 1 is 1.08 bits per heavy atom. The van der Waals surface area contributed by atoms with E-state index in [1.54, 1.807) is 24.3 Å². The van der Waals surface area contributed by atoms with Crippen LogP contribution in [0.4, 0.5) is 5.69 Å². The topological polar surface area (TPSA) is 64.6 Å². The van der Waals surface area contributed by atoms with Gasteiger partial charge in [-0.1, -0.05) is 23.7 Å². The van der Waals surface area contributed by atoms with Crippen LogP contribution in [0, 0.1) is 0 Å². The zero-order valence-corrected chi connectivity index (χ0v) is 14.2. The number of hydrogen-bond donors (Lipinski definition) is 1. The number of anilines is 1. The number of esters is 1. The number of halogens is 1. The van der Waals surface area contributed by atoms with Gasteiger partial charge in [0.15, 0.2) is 0 Å². The average Bonchev–Trinajstić information content (AvgIpc) is 2.60. The second-order valence-corrected chi connectivity index (χ2v) is 5.52. The molecule has 0 heterocycles. The Morgan fingerprint density at radius 3 is 2.42 bits per heavy atom. The van der Waals surface area contributed by atoms with Crippen LogP contribution >= 0.6 is 11.6 Å². The highest BCUT2D eigenvalue weighted by atomic mass is 35.5. The lowest BCUT2D eigenvalue weighted by Crippen LogP contribution is -2.14. The SMILES string of the molecule is COC(=O)c1ccc(OC)c(NC(=O)CCc2ccc(Cl)cc2)c1. The van der Waals surface area contributed by atoms with E-state index in [1.807, 2.05) is 12.1 Å². The maximum atomic E-state index is 12.2. The van der Waals surface area contributed by atoms with Gasteiger partial charge in [-0.2, -0.15) is 0 Å². The van der Waals surface area contributed by atoms with Crippen molar-refractivity contribution in [2.75, 3.05) is 19.5 Å². The third-order valence-electron chi connectivity index (χ3n) is 3.45. The van der Waals surface area contributed by atoms with E-state index < -0.39 is 5.97 Å². The zero-order chi connectivity index (χ0) is 17.5. The van der Waals surface area contributed by atoms with Crippen molar-refractivity contribution in [2.24, 2.45) is 0 Å². The van der Waals surface area contributed by atoms with Crippen LogP contribution in [0.15, 0.2) is 42.5 Å². The van der Waals surface area contributed by atoms with Crippen LogP contribution in [-0.2, 0) is 16.0 Å². The molecule has 0 aliphatic carbocycles. The van der Waals surface area contributed by atoms with Crippen LogP contribution in [0.25, 0.3) is 0 Å². The molecule has 0 atom stereocenters. The molecule has 0 radical (unpaired) electrons. The second kappa shape index (κ2) is 8.36. The van der Waals surface area contributed by atoms with Crippen molar-refractivity contribution in [3.05, 3.63) is 58.6 Å². The smallest absolute Gasteiger partial charge is 0.337 e. The zero-order valence-electron chi connectivity index (χ0n) is 13.5. The summed E-state index contributed by atoms with van der Waals surface area (Å²) in [5, 5.41) is 3.42. The number of aryl methyl sites for hydroxylation is 1. The summed E-state index contributed by atoms with van der Waals surface area (Å²) in [4.78, 5) is 23.8. The molecule has 5 nitrogen and oxygen atoms in total. The molecule has 0 saturated carbocycles. The number of hydrogen-bond acceptors (Lipinski definition) is 4. The molecule has 1 amide bonds. The lowest BCUT2D eigenvalue weighted by Gasteiger charge is -2.11. The molecule has 2 rings (SSSR count). The molecule has 0 fully saturated rings. The van der Waals surface area contributed by atoms with E-state index >= 15 is 0 Å². The fraction of sp³-hybridized carbons (Fsp3) is 0.222. The van der Waals surface area contributed by atoms with Crippen molar-refractivity contribution < 1.29 is 19.1 Å². The first kappa shape index (κ1) is 17.8. The Kier molecular flexibility index (Phi) is 6.21. The first-order valence-corrected chi connectivity index (χ1v) is 7.72. The van der Waals surface area contributed by atoms with Crippen molar-refractivity contribution in [2.45, 2.75) is 12.8 Å². The summed E-state index contributed by atoms with van der Waals surface area (Å²) in [6.45, 7) is 0. The molecule has 0 spiro atoms. The minimum absolute atomic E-state index is 0.176. The first-order chi connectivity index (χ1) is 11.5. The molecule has 0 unspecified atom stereocenters. The maximum Gasteiger partial charge on any atom is 0.337 e. The number of carbonyl (C=O) groups is 2. The molecule has 24 heavy (non-hydrogen) atoms. The van der Waals surface area contributed by atoms with E-state index in [2.05, 4.69) is 10.1 Å². The minimum atomic E-state index is -0.477. The van der Waals surface area contributed by atoms with Gasteiger partial charge >= 0.3 is 5.97 Å². The Morgan fingerprint density at radius 2 is 1.79 bits per heavy atom. The number of nitrogens with one attached hydrogen (secondary N) is 1. The molecule has 2 aromatic carbocycles. The molecule has 0 aromatic heterocycles. The van der Waals surface area contributed by atoms with Gasteiger partial charge in [-0.25, -0.2) is 4.79 Å². The van der Waals surface area contributed by atoms with Crippen LogP contribution in [0.3, 0.4) is 0 Å². The summed E-state index contributed by atoms with van der Waals surface area (Å²) >= 11 is 5.84. The van der Waals surface area contributed by atoms with E-state index in [4.69, 9.17) is 16.3 Å². The summed E-state index contributed by atoms with van der Waals surface area (Å²) in [5.41, 5.74) is 1.79. The molecule has 1 N–H and O–H groups in total. The minimum Gasteiger partial charge on any atom is -0.495 e. The maximum absolute atomic E-state index is 12.2. The molecule has 0 bridgehead atoms. The van der Waals surface area contributed by atoms with Gasteiger partial charge in [-0.05, 0) is 42.3 Å².